The molecule has 3 fully saturated rings. The number of likely N-dealkylation sites (tertiary alicyclic amines) is 1. The second-order valence-corrected chi connectivity index (χ2v) is 7.30. The Balaban J connectivity index is 1.21. The van der Waals surface area contributed by atoms with Crippen molar-refractivity contribution in [1.82, 2.24) is 19.8 Å². The zero-order valence-electron chi connectivity index (χ0n) is 14.2. The number of hydrogen-bond donors (Lipinski definition) is 1. The van der Waals surface area contributed by atoms with E-state index in [-0.39, 0.29) is 0 Å². The molecule has 3 aliphatic rings. The number of rotatable bonds is 4. The number of anilines is 1. The van der Waals surface area contributed by atoms with E-state index >= 15 is 0 Å². The molecule has 132 valence electrons. The van der Waals surface area contributed by atoms with Crippen LogP contribution in [0.3, 0.4) is 0 Å². The van der Waals surface area contributed by atoms with Crippen molar-refractivity contribution >= 4 is 5.95 Å². The fourth-order valence-corrected chi connectivity index (χ4v) is 4.02. The third-order valence-corrected chi connectivity index (χ3v) is 5.42. The Morgan fingerprint density at radius 1 is 1.17 bits per heavy atom. The van der Waals surface area contributed by atoms with E-state index in [1.807, 2.05) is 6.07 Å². The van der Waals surface area contributed by atoms with E-state index in [1.54, 1.807) is 12.4 Å². The van der Waals surface area contributed by atoms with E-state index in [9.17, 15) is 5.11 Å². The van der Waals surface area contributed by atoms with Gasteiger partial charge in [0.1, 0.15) is 5.60 Å². The standard InChI is InChI=1S/C17H27N5O2/c23-17(3-1-10-24-14-17)13-20-11-15(12-20)21-6-8-22(9-7-21)16-18-4-2-5-19-16/h2,4-5,15,23H,1,3,6-14H2. The van der Waals surface area contributed by atoms with Crippen molar-refractivity contribution in [2.45, 2.75) is 24.5 Å². The van der Waals surface area contributed by atoms with Crippen LogP contribution in [0, 0.1) is 0 Å². The number of ether oxygens (including phenoxy) is 1. The summed E-state index contributed by atoms with van der Waals surface area (Å²) in [5.74, 6) is 0.840. The van der Waals surface area contributed by atoms with Gasteiger partial charge in [0.15, 0.2) is 0 Å². The van der Waals surface area contributed by atoms with Crippen LogP contribution in [-0.4, -0.2) is 95.5 Å². The summed E-state index contributed by atoms with van der Waals surface area (Å²) in [7, 11) is 0. The molecular formula is C17H27N5O2. The average Bonchev–Trinajstić information content (AvgIpc) is 2.59. The minimum Gasteiger partial charge on any atom is -0.386 e. The predicted octanol–water partition coefficient (Wildman–Crippen LogP) is -0.176. The summed E-state index contributed by atoms with van der Waals surface area (Å²) in [5, 5.41) is 10.6. The largest absolute Gasteiger partial charge is 0.386 e. The zero-order valence-corrected chi connectivity index (χ0v) is 14.2. The van der Waals surface area contributed by atoms with Gasteiger partial charge in [0.25, 0.3) is 0 Å². The lowest BCUT2D eigenvalue weighted by atomic mass is 9.93. The van der Waals surface area contributed by atoms with Crippen molar-refractivity contribution in [3.63, 3.8) is 0 Å². The Kier molecular flexibility index (Phi) is 4.67. The third kappa shape index (κ3) is 3.54. The molecule has 0 spiro atoms. The average molecular weight is 333 g/mol. The second kappa shape index (κ2) is 6.92. The first-order valence-corrected chi connectivity index (χ1v) is 9.00. The van der Waals surface area contributed by atoms with E-state index in [2.05, 4.69) is 24.7 Å². The van der Waals surface area contributed by atoms with E-state index in [0.717, 1.165) is 71.2 Å². The van der Waals surface area contributed by atoms with Crippen LogP contribution in [0.25, 0.3) is 0 Å². The lowest BCUT2D eigenvalue weighted by Gasteiger charge is -2.50. The summed E-state index contributed by atoms with van der Waals surface area (Å²) in [6.45, 7) is 8.24. The molecule has 3 saturated heterocycles. The number of β-amino-alcohol motifs (C(OH)–C–C–N with tert-alkyl or cyclic N) is 1. The number of aliphatic hydroxyl groups is 1. The molecule has 0 bridgehead atoms. The number of aromatic nitrogens is 2. The van der Waals surface area contributed by atoms with Gasteiger partial charge in [-0.1, -0.05) is 0 Å². The predicted molar refractivity (Wildman–Crippen MR) is 91.0 cm³/mol. The Hall–Kier alpha value is -1.28. The lowest BCUT2D eigenvalue weighted by Crippen LogP contribution is -2.65. The molecule has 1 aromatic rings. The van der Waals surface area contributed by atoms with E-state index in [1.165, 1.54) is 0 Å². The highest BCUT2D eigenvalue weighted by atomic mass is 16.5. The molecule has 1 aromatic heterocycles. The maximum Gasteiger partial charge on any atom is 0.225 e. The quantitative estimate of drug-likeness (QED) is 0.820. The molecule has 7 nitrogen and oxygen atoms in total. The van der Waals surface area contributed by atoms with E-state index in [4.69, 9.17) is 4.74 Å². The number of hydrogen-bond acceptors (Lipinski definition) is 7. The highest BCUT2D eigenvalue weighted by molar-refractivity contribution is 5.29. The Bertz CT molecular complexity index is 523. The molecular weight excluding hydrogens is 306 g/mol. The SMILES string of the molecule is OC1(CN2CC(N3CCN(c4ncccn4)CC3)C2)CCCOC1. The molecule has 0 radical (unpaired) electrons. The van der Waals surface area contributed by atoms with Gasteiger partial charge in [0, 0.05) is 70.9 Å². The molecule has 4 heterocycles. The first kappa shape index (κ1) is 16.2. The zero-order chi connectivity index (χ0) is 16.4. The van der Waals surface area contributed by atoms with Crippen LogP contribution in [-0.2, 0) is 4.74 Å². The molecule has 3 aliphatic heterocycles. The first-order valence-electron chi connectivity index (χ1n) is 9.00. The lowest BCUT2D eigenvalue weighted by molar-refractivity contribution is -0.116. The smallest absolute Gasteiger partial charge is 0.225 e. The van der Waals surface area contributed by atoms with Crippen molar-refractivity contribution in [1.29, 1.82) is 0 Å². The van der Waals surface area contributed by atoms with Crippen molar-refractivity contribution in [3.8, 4) is 0 Å². The van der Waals surface area contributed by atoms with E-state index < -0.39 is 5.60 Å². The molecule has 0 saturated carbocycles. The molecule has 1 unspecified atom stereocenters. The Morgan fingerprint density at radius 2 is 1.92 bits per heavy atom. The maximum absolute atomic E-state index is 10.6. The van der Waals surface area contributed by atoms with Crippen molar-refractivity contribution in [2.24, 2.45) is 0 Å². The fraction of sp³-hybridized carbons (Fsp3) is 0.765. The maximum atomic E-state index is 10.6. The van der Waals surface area contributed by atoms with Crippen LogP contribution in [0.2, 0.25) is 0 Å². The summed E-state index contributed by atoms with van der Waals surface area (Å²) >= 11 is 0. The summed E-state index contributed by atoms with van der Waals surface area (Å²) in [4.78, 5) is 15.9. The molecule has 24 heavy (non-hydrogen) atoms. The molecule has 0 aliphatic carbocycles. The van der Waals surface area contributed by atoms with E-state index in [0.29, 0.717) is 12.6 Å². The molecule has 1 atom stereocenters. The van der Waals surface area contributed by atoms with Gasteiger partial charge in [-0.3, -0.25) is 9.80 Å². The van der Waals surface area contributed by atoms with Crippen LogP contribution in [0.1, 0.15) is 12.8 Å². The first-order chi connectivity index (χ1) is 11.7. The highest BCUT2D eigenvalue weighted by Gasteiger charge is 2.39. The van der Waals surface area contributed by atoms with Crippen LogP contribution >= 0.6 is 0 Å². The summed E-state index contributed by atoms with van der Waals surface area (Å²) in [6.07, 6.45) is 5.44. The normalized spacial score (nSPS) is 30.3. The minimum absolute atomic E-state index is 0.490. The summed E-state index contributed by atoms with van der Waals surface area (Å²) < 4.78 is 5.45. The highest BCUT2D eigenvalue weighted by Crippen LogP contribution is 2.25. The van der Waals surface area contributed by atoms with Crippen molar-refractivity contribution < 1.29 is 9.84 Å². The fourth-order valence-electron chi connectivity index (χ4n) is 4.02. The van der Waals surface area contributed by atoms with Gasteiger partial charge in [0.2, 0.25) is 5.95 Å². The van der Waals surface area contributed by atoms with Crippen LogP contribution in [0.15, 0.2) is 18.5 Å². The Morgan fingerprint density at radius 3 is 2.58 bits per heavy atom. The topological polar surface area (TPSA) is 65.0 Å². The molecule has 4 rings (SSSR count). The molecule has 1 N–H and O–H groups in total. The van der Waals surface area contributed by atoms with Gasteiger partial charge in [-0.2, -0.15) is 0 Å². The van der Waals surface area contributed by atoms with Gasteiger partial charge < -0.3 is 14.7 Å². The van der Waals surface area contributed by atoms with Gasteiger partial charge in [-0.25, -0.2) is 9.97 Å². The van der Waals surface area contributed by atoms with Crippen LogP contribution in [0.4, 0.5) is 5.95 Å². The summed E-state index contributed by atoms with van der Waals surface area (Å²) in [6, 6.07) is 2.48. The molecule has 0 amide bonds. The monoisotopic (exact) mass is 333 g/mol. The third-order valence-electron chi connectivity index (χ3n) is 5.42. The van der Waals surface area contributed by atoms with Gasteiger partial charge in [-0.15, -0.1) is 0 Å². The van der Waals surface area contributed by atoms with Crippen molar-refractivity contribution in [2.75, 3.05) is 63.9 Å². The summed E-state index contributed by atoms with van der Waals surface area (Å²) in [5.41, 5.74) is -0.632. The number of nitrogens with zero attached hydrogens (tertiary/aromatic N) is 5. The van der Waals surface area contributed by atoms with Gasteiger partial charge >= 0.3 is 0 Å². The minimum atomic E-state index is -0.632. The van der Waals surface area contributed by atoms with Crippen LogP contribution < -0.4 is 4.90 Å². The second-order valence-electron chi connectivity index (χ2n) is 7.30. The Labute approximate surface area is 143 Å². The molecule has 0 aromatic carbocycles. The van der Waals surface area contributed by atoms with Gasteiger partial charge in [-0.05, 0) is 18.9 Å². The van der Waals surface area contributed by atoms with Crippen molar-refractivity contribution in [3.05, 3.63) is 18.5 Å². The number of piperazine rings is 1. The molecule has 7 heteroatoms. The van der Waals surface area contributed by atoms with Gasteiger partial charge in [0.05, 0.1) is 6.61 Å². The van der Waals surface area contributed by atoms with Crippen LogP contribution in [0.5, 0.6) is 0 Å².